The van der Waals surface area contributed by atoms with E-state index in [4.69, 9.17) is 4.74 Å². The lowest BCUT2D eigenvalue weighted by Gasteiger charge is -2.26. The van der Waals surface area contributed by atoms with Crippen LogP contribution in [0.4, 0.5) is 0 Å². The quantitative estimate of drug-likeness (QED) is 0.820. The molecule has 1 aliphatic heterocycles. The third kappa shape index (κ3) is 3.98. The lowest BCUT2D eigenvalue weighted by Crippen LogP contribution is -2.49. The van der Waals surface area contributed by atoms with E-state index in [9.17, 15) is 9.59 Å². The number of carbonyl (C=O) groups excluding carboxylic acids is 2. The maximum Gasteiger partial charge on any atom is 0.239 e. The summed E-state index contributed by atoms with van der Waals surface area (Å²) < 4.78 is 5.65. The average Bonchev–Trinajstić information content (AvgIpc) is 2.45. The lowest BCUT2D eigenvalue weighted by molar-refractivity contribution is -0.138. The van der Waals surface area contributed by atoms with Gasteiger partial charge in [0.05, 0.1) is 13.2 Å². The number of nitrogens with one attached hydrogen (secondary N) is 1. The lowest BCUT2D eigenvalue weighted by atomic mass is 10.2. The van der Waals surface area contributed by atoms with E-state index in [0.717, 1.165) is 11.3 Å². The monoisotopic (exact) mass is 276 g/mol. The Morgan fingerprint density at radius 3 is 2.95 bits per heavy atom. The largest absolute Gasteiger partial charge is 0.493 e. The minimum atomic E-state index is -0.0826. The summed E-state index contributed by atoms with van der Waals surface area (Å²) in [6.45, 7) is 3.83. The number of nitrogens with zero attached hydrogens (tertiary/aromatic N) is 1. The van der Waals surface area contributed by atoms with Crippen LogP contribution >= 0.6 is 0 Å². The number of aryl methyl sites for hydroxylation is 1. The van der Waals surface area contributed by atoms with Gasteiger partial charge in [0.2, 0.25) is 11.8 Å². The first-order valence-electron chi connectivity index (χ1n) is 6.90. The van der Waals surface area contributed by atoms with Crippen LogP contribution in [0.1, 0.15) is 18.4 Å². The summed E-state index contributed by atoms with van der Waals surface area (Å²) in [5, 5.41) is 2.70. The molecule has 0 spiro atoms. The number of piperazine rings is 1. The zero-order chi connectivity index (χ0) is 14.4. The fourth-order valence-electron chi connectivity index (χ4n) is 2.13. The van der Waals surface area contributed by atoms with E-state index in [1.165, 1.54) is 0 Å². The van der Waals surface area contributed by atoms with Crippen molar-refractivity contribution in [2.24, 2.45) is 0 Å². The summed E-state index contributed by atoms with van der Waals surface area (Å²) in [5.74, 6) is 0.797. The van der Waals surface area contributed by atoms with Crippen molar-refractivity contribution in [3.8, 4) is 5.75 Å². The van der Waals surface area contributed by atoms with Crippen LogP contribution in [0.2, 0.25) is 0 Å². The fourth-order valence-corrected chi connectivity index (χ4v) is 2.13. The Morgan fingerprint density at radius 2 is 2.20 bits per heavy atom. The number of benzene rings is 1. The van der Waals surface area contributed by atoms with Gasteiger partial charge in [0.1, 0.15) is 5.75 Å². The first-order chi connectivity index (χ1) is 9.66. The second-order valence-electron chi connectivity index (χ2n) is 4.88. The molecule has 20 heavy (non-hydrogen) atoms. The number of para-hydroxylation sites is 1. The molecular weight excluding hydrogens is 256 g/mol. The van der Waals surface area contributed by atoms with Crippen molar-refractivity contribution < 1.29 is 14.3 Å². The highest BCUT2D eigenvalue weighted by Gasteiger charge is 2.20. The Morgan fingerprint density at radius 1 is 1.40 bits per heavy atom. The molecule has 0 unspecified atom stereocenters. The van der Waals surface area contributed by atoms with E-state index < -0.39 is 0 Å². The van der Waals surface area contributed by atoms with Crippen LogP contribution in [0, 0.1) is 6.92 Å². The molecule has 1 aromatic carbocycles. The minimum Gasteiger partial charge on any atom is -0.493 e. The summed E-state index contributed by atoms with van der Waals surface area (Å²) in [4.78, 5) is 24.7. The van der Waals surface area contributed by atoms with Gasteiger partial charge in [-0.05, 0) is 25.0 Å². The van der Waals surface area contributed by atoms with Crippen molar-refractivity contribution >= 4 is 11.8 Å². The van der Waals surface area contributed by atoms with Crippen molar-refractivity contribution in [1.29, 1.82) is 0 Å². The van der Waals surface area contributed by atoms with Crippen molar-refractivity contribution in [2.45, 2.75) is 19.8 Å². The second-order valence-corrected chi connectivity index (χ2v) is 4.88. The maximum atomic E-state index is 11.9. The molecular formula is C15H20N2O3. The molecule has 2 amide bonds. The van der Waals surface area contributed by atoms with E-state index in [2.05, 4.69) is 5.32 Å². The molecule has 1 aliphatic rings. The number of hydrogen-bond donors (Lipinski definition) is 1. The van der Waals surface area contributed by atoms with E-state index in [-0.39, 0.29) is 18.4 Å². The summed E-state index contributed by atoms with van der Waals surface area (Å²) in [7, 11) is 0. The molecule has 1 heterocycles. The zero-order valence-electron chi connectivity index (χ0n) is 11.7. The smallest absolute Gasteiger partial charge is 0.239 e. The predicted octanol–water partition coefficient (Wildman–Crippen LogP) is 1.11. The van der Waals surface area contributed by atoms with Crippen molar-refractivity contribution in [1.82, 2.24) is 10.2 Å². The Labute approximate surface area is 118 Å². The van der Waals surface area contributed by atoms with Gasteiger partial charge in [-0.15, -0.1) is 0 Å². The minimum absolute atomic E-state index is 0.0215. The Hall–Kier alpha value is -2.04. The highest BCUT2D eigenvalue weighted by atomic mass is 16.5. The van der Waals surface area contributed by atoms with E-state index in [1.807, 2.05) is 31.2 Å². The molecule has 1 aromatic rings. The van der Waals surface area contributed by atoms with E-state index >= 15 is 0 Å². The van der Waals surface area contributed by atoms with Crippen LogP contribution in [0.15, 0.2) is 24.3 Å². The molecule has 5 nitrogen and oxygen atoms in total. The number of rotatable bonds is 5. The molecule has 0 saturated carbocycles. The Bertz CT molecular complexity index is 488. The molecule has 5 heteroatoms. The van der Waals surface area contributed by atoms with Gasteiger partial charge in [-0.25, -0.2) is 0 Å². The van der Waals surface area contributed by atoms with Gasteiger partial charge < -0.3 is 15.0 Å². The SMILES string of the molecule is Cc1ccccc1OCCCC(=O)N1CCNC(=O)C1. The Kier molecular flexibility index (Phi) is 4.98. The normalized spacial score (nSPS) is 14.8. The molecule has 1 fully saturated rings. The summed E-state index contributed by atoms with van der Waals surface area (Å²) in [6, 6.07) is 7.81. The van der Waals surface area contributed by atoms with Crippen LogP contribution in [-0.4, -0.2) is 43.0 Å². The number of ether oxygens (including phenoxy) is 1. The van der Waals surface area contributed by atoms with Gasteiger partial charge in [-0.1, -0.05) is 18.2 Å². The van der Waals surface area contributed by atoms with Gasteiger partial charge >= 0.3 is 0 Å². The first kappa shape index (κ1) is 14.4. The highest BCUT2D eigenvalue weighted by molar-refractivity contribution is 5.85. The van der Waals surface area contributed by atoms with Crippen LogP contribution in [-0.2, 0) is 9.59 Å². The molecule has 108 valence electrons. The van der Waals surface area contributed by atoms with Gasteiger partial charge in [0.25, 0.3) is 0 Å². The number of carbonyl (C=O) groups is 2. The van der Waals surface area contributed by atoms with Gasteiger partial charge in [0.15, 0.2) is 0 Å². The average molecular weight is 276 g/mol. The highest BCUT2D eigenvalue weighted by Crippen LogP contribution is 2.16. The van der Waals surface area contributed by atoms with Gasteiger partial charge in [0, 0.05) is 19.5 Å². The standard InChI is InChI=1S/C15H20N2O3/c1-12-5-2-3-6-13(12)20-10-4-7-15(19)17-9-8-16-14(18)11-17/h2-3,5-6H,4,7-11H2,1H3,(H,16,18). The molecule has 0 aromatic heterocycles. The van der Waals surface area contributed by atoms with E-state index in [0.29, 0.717) is 32.5 Å². The second kappa shape index (κ2) is 6.93. The summed E-state index contributed by atoms with van der Waals surface area (Å²) >= 11 is 0. The van der Waals surface area contributed by atoms with Gasteiger partial charge in [-0.3, -0.25) is 9.59 Å². The van der Waals surface area contributed by atoms with Crippen LogP contribution in [0.5, 0.6) is 5.75 Å². The van der Waals surface area contributed by atoms with Crippen molar-refractivity contribution in [3.05, 3.63) is 29.8 Å². The van der Waals surface area contributed by atoms with Crippen LogP contribution < -0.4 is 10.1 Å². The van der Waals surface area contributed by atoms with Crippen LogP contribution in [0.25, 0.3) is 0 Å². The van der Waals surface area contributed by atoms with Crippen molar-refractivity contribution in [2.75, 3.05) is 26.2 Å². The molecule has 0 radical (unpaired) electrons. The molecule has 0 aliphatic carbocycles. The first-order valence-corrected chi connectivity index (χ1v) is 6.90. The Balaban J connectivity index is 1.69. The third-order valence-corrected chi connectivity index (χ3v) is 3.28. The molecule has 0 atom stereocenters. The summed E-state index contributed by atoms with van der Waals surface area (Å²) in [5.41, 5.74) is 1.09. The molecule has 2 rings (SSSR count). The maximum absolute atomic E-state index is 11.9. The van der Waals surface area contributed by atoms with Crippen LogP contribution in [0.3, 0.4) is 0 Å². The van der Waals surface area contributed by atoms with E-state index in [1.54, 1.807) is 4.90 Å². The predicted molar refractivity (Wildman–Crippen MR) is 75.5 cm³/mol. The summed E-state index contributed by atoms with van der Waals surface area (Å²) in [6.07, 6.45) is 1.07. The fraction of sp³-hybridized carbons (Fsp3) is 0.467. The molecule has 0 bridgehead atoms. The topological polar surface area (TPSA) is 58.6 Å². The number of hydrogen-bond acceptors (Lipinski definition) is 3. The number of amides is 2. The molecule has 1 saturated heterocycles. The van der Waals surface area contributed by atoms with Crippen molar-refractivity contribution in [3.63, 3.8) is 0 Å². The molecule has 1 N–H and O–H groups in total. The van der Waals surface area contributed by atoms with Gasteiger partial charge in [-0.2, -0.15) is 0 Å². The third-order valence-electron chi connectivity index (χ3n) is 3.28. The zero-order valence-corrected chi connectivity index (χ0v) is 11.7.